The van der Waals surface area contributed by atoms with Gasteiger partial charge in [-0.15, -0.1) is 0 Å². The summed E-state index contributed by atoms with van der Waals surface area (Å²) < 4.78 is 1.04. The second-order valence-corrected chi connectivity index (χ2v) is 3.24. The molecule has 2 nitrogen and oxygen atoms in total. The van der Waals surface area contributed by atoms with E-state index >= 15 is 0 Å². The summed E-state index contributed by atoms with van der Waals surface area (Å²) in [6.45, 7) is 1.68. The standard InChI is InChI=1S/C8H10BrNO/c1-6(11)10-8-4-2-7(9)3-5-8/h2-6,10-11H,1H3. The van der Waals surface area contributed by atoms with Crippen LogP contribution in [-0.2, 0) is 0 Å². The maximum atomic E-state index is 8.95. The van der Waals surface area contributed by atoms with Crippen LogP contribution in [0.25, 0.3) is 0 Å². The molecule has 0 aliphatic carbocycles. The summed E-state index contributed by atoms with van der Waals surface area (Å²) in [5.41, 5.74) is 0.920. The molecule has 0 amide bonds. The van der Waals surface area contributed by atoms with Gasteiger partial charge in [0.2, 0.25) is 0 Å². The minimum absolute atomic E-state index is 0.504. The molecule has 0 bridgehead atoms. The number of hydrogen-bond acceptors (Lipinski definition) is 2. The van der Waals surface area contributed by atoms with Gasteiger partial charge < -0.3 is 10.4 Å². The van der Waals surface area contributed by atoms with Crippen LogP contribution in [0.2, 0.25) is 0 Å². The van der Waals surface area contributed by atoms with Gasteiger partial charge in [0.25, 0.3) is 0 Å². The van der Waals surface area contributed by atoms with E-state index in [1.165, 1.54) is 0 Å². The summed E-state index contributed by atoms with van der Waals surface area (Å²) in [5.74, 6) is 0. The van der Waals surface area contributed by atoms with Crippen molar-refractivity contribution in [2.24, 2.45) is 0 Å². The molecule has 0 radical (unpaired) electrons. The smallest absolute Gasteiger partial charge is 0.121 e. The summed E-state index contributed by atoms with van der Waals surface area (Å²) in [5, 5.41) is 11.8. The van der Waals surface area contributed by atoms with E-state index in [1.807, 2.05) is 24.3 Å². The first-order chi connectivity index (χ1) is 5.18. The molecule has 0 spiro atoms. The average molecular weight is 216 g/mol. The highest BCUT2D eigenvalue weighted by molar-refractivity contribution is 9.10. The molecular formula is C8H10BrNO. The van der Waals surface area contributed by atoms with E-state index in [0.29, 0.717) is 0 Å². The Bertz CT molecular complexity index is 220. The van der Waals surface area contributed by atoms with Crippen molar-refractivity contribution in [3.8, 4) is 0 Å². The number of anilines is 1. The molecule has 1 rings (SSSR count). The predicted molar refractivity (Wildman–Crippen MR) is 49.4 cm³/mol. The van der Waals surface area contributed by atoms with E-state index in [2.05, 4.69) is 21.2 Å². The van der Waals surface area contributed by atoms with Crippen LogP contribution in [-0.4, -0.2) is 11.3 Å². The first-order valence-electron chi connectivity index (χ1n) is 3.38. The number of benzene rings is 1. The van der Waals surface area contributed by atoms with Gasteiger partial charge in [0.15, 0.2) is 0 Å². The van der Waals surface area contributed by atoms with Crippen molar-refractivity contribution in [1.29, 1.82) is 0 Å². The molecule has 11 heavy (non-hydrogen) atoms. The molecule has 0 saturated carbocycles. The molecule has 60 valence electrons. The molecule has 0 fully saturated rings. The lowest BCUT2D eigenvalue weighted by Crippen LogP contribution is -2.12. The Labute approximate surface area is 74.4 Å². The van der Waals surface area contributed by atoms with Gasteiger partial charge in [-0.1, -0.05) is 15.9 Å². The molecule has 1 atom stereocenters. The van der Waals surface area contributed by atoms with Crippen LogP contribution in [0.1, 0.15) is 6.92 Å². The monoisotopic (exact) mass is 215 g/mol. The Morgan fingerprint density at radius 3 is 2.36 bits per heavy atom. The molecule has 1 aromatic rings. The largest absolute Gasteiger partial charge is 0.374 e. The molecule has 3 heteroatoms. The third-order valence-corrected chi connectivity index (χ3v) is 1.75. The minimum atomic E-state index is -0.504. The molecule has 0 aromatic heterocycles. The van der Waals surface area contributed by atoms with Crippen molar-refractivity contribution in [2.75, 3.05) is 5.32 Å². The average Bonchev–Trinajstić information content (AvgIpc) is 1.93. The highest BCUT2D eigenvalue weighted by Crippen LogP contribution is 2.14. The van der Waals surface area contributed by atoms with E-state index in [4.69, 9.17) is 5.11 Å². The van der Waals surface area contributed by atoms with Gasteiger partial charge >= 0.3 is 0 Å². The van der Waals surface area contributed by atoms with Gasteiger partial charge in [-0.2, -0.15) is 0 Å². The molecule has 1 aromatic carbocycles. The molecule has 0 aliphatic rings. The van der Waals surface area contributed by atoms with Crippen LogP contribution in [0.3, 0.4) is 0 Å². The van der Waals surface area contributed by atoms with E-state index in [0.717, 1.165) is 10.2 Å². The maximum absolute atomic E-state index is 8.95. The lowest BCUT2D eigenvalue weighted by molar-refractivity contribution is 0.224. The summed E-state index contributed by atoms with van der Waals surface area (Å²) in [4.78, 5) is 0. The third-order valence-electron chi connectivity index (χ3n) is 1.22. The summed E-state index contributed by atoms with van der Waals surface area (Å²) in [6.07, 6.45) is -0.504. The highest BCUT2D eigenvalue weighted by Gasteiger charge is 1.94. The fraction of sp³-hybridized carbons (Fsp3) is 0.250. The second kappa shape index (κ2) is 3.74. The predicted octanol–water partition coefficient (Wildman–Crippen LogP) is 2.20. The van der Waals surface area contributed by atoms with Crippen molar-refractivity contribution in [2.45, 2.75) is 13.2 Å². The third kappa shape index (κ3) is 2.91. The number of halogens is 1. The van der Waals surface area contributed by atoms with Crippen molar-refractivity contribution < 1.29 is 5.11 Å². The second-order valence-electron chi connectivity index (χ2n) is 2.33. The Morgan fingerprint density at radius 1 is 1.36 bits per heavy atom. The zero-order valence-electron chi connectivity index (χ0n) is 6.21. The van der Waals surface area contributed by atoms with Crippen LogP contribution < -0.4 is 5.32 Å². The van der Waals surface area contributed by atoms with E-state index in [1.54, 1.807) is 6.92 Å². The fourth-order valence-corrected chi connectivity index (χ4v) is 1.05. The highest BCUT2D eigenvalue weighted by atomic mass is 79.9. The van der Waals surface area contributed by atoms with Gasteiger partial charge in [-0.05, 0) is 31.2 Å². The zero-order chi connectivity index (χ0) is 8.27. The van der Waals surface area contributed by atoms with Gasteiger partial charge in [0, 0.05) is 10.2 Å². The molecule has 0 heterocycles. The summed E-state index contributed by atoms with van der Waals surface area (Å²) in [6, 6.07) is 7.64. The normalized spacial score (nSPS) is 12.6. The Morgan fingerprint density at radius 2 is 1.91 bits per heavy atom. The lowest BCUT2D eigenvalue weighted by Gasteiger charge is -2.07. The number of aliphatic hydroxyl groups is 1. The Hall–Kier alpha value is -0.540. The number of hydrogen-bond donors (Lipinski definition) is 2. The first-order valence-corrected chi connectivity index (χ1v) is 4.18. The van der Waals surface area contributed by atoms with Crippen LogP contribution in [0, 0.1) is 0 Å². The lowest BCUT2D eigenvalue weighted by atomic mass is 10.3. The van der Waals surface area contributed by atoms with Crippen molar-refractivity contribution in [1.82, 2.24) is 0 Å². The quantitative estimate of drug-likeness (QED) is 0.742. The zero-order valence-corrected chi connectivity index (χ0v) is 7.80. The Balaban J connectivity index is 2.66. The van der Waals surface area contributed by atoms with Gasteiger partial charge in [0.1, 0.15) is 6.23 Å². The maximum Gasteiger partial charge on any atom is 0.121 e. The molecule has 0 saturated heterocycles. The van der Waals surface area contributed by atoms with Crippen LogP contribution in [0.5, 0.6) is 0 Å². The molecule has 2 N–H and O–H groups in total. The molecule has 1 unspecified atom stereocenters. The molecule has 0 aliphatic heterocycles. The van der Waals surface area contributed by atoms with Crippen LogP contribution in [0.15, 0.2) is 28.7 Å². The van der Waals surface area contributed by atoms with E-state index < -0.39 is 6.23 Å². The topological polar surface area (TPSA) is 32.3 Å². The Kier molecular flexibility index (Phi) is 2.91. The number of rotatable bonds is 2. The van der Waals surface area contributed by atoms with E-state index in [9.17, 15) is 0 Å². The number of nitrogens with one attached hydrogen (secondary N) is 1. The van der Waals surface area contributed by atoms with E-state index in [-0.39, 0.29) is 0 Å². The fourth-order valence-electron chi connectivity index (χ4n) is 0.787. The number of aliphatic hydroxyl groups excluding tert-OH is 1. The first kappa shape index (κ1) is 8.56. The van der Waals surface area contributed by atoms with Crippen molar-refractivity contribution in [3.05, 3.63) is 28.7 Å². The minimum Gasteiger partial charge on any atom is -0.374 e. The van der Waals surface area contributed by atoms with Crippen LogP contribution in [0.4, 0.5) is 5.69 Å². The van der Waals surface area contributed by atoms with Gasteiger partial charge in [0.05, 0.1) is 0 Å². The van der Waals surface area contributed by atoms with Crippen LogP contribution >= 0.6 is 15.9 Å². The van der Waals surface area contributed by atoms with Gasteiger partial charge in [-0.3, -0.25) is 0 Å². The van der Waals surface area contributed by atoms with Crippen molar-refractivity contribution in [3.63, 3.8) is 0 Å². The summed E-state index contributed by atoms with van der Waals surface area (Å²) >= 11 is 3.32. The van der Waals surface area contributed by atoms with Gasteiger partial charge in [-0.25, -0.2) is 0 Å². The van der Waals surface area contributed by atoms with Crippen molar-refractivity contribution >= 4 is 21.6 Å². The summed E-state index contributed by atoms with van der Waals surface area (Å²) in [7, 11) is 0. The molecular weight excluding hydrogens is 206 g/mol. The SMILES string of the molecule is CC(O)Nc1ccc(Br)cc1.